The van der Waals surface area contributed by atoms with Gasteiger partial charge >= 0.3 is 5.97 Å². The van der Waals surface area contributed by atoms with Gasteiger partial charge in [0.05, 0.1) is 11.1 Å². The molecule has 0 aliphatic rings. The number of hydrogen-bond acceptors (Lipinski definition) is 4. The fourth-order valence-corrected chi connectivity index (χ4v) is 1.41. The second-order valence-electron chi connectivity index (χ2n) is 4.40. The topological polar surface area (TPSA) is 75.4 Å². The zero-order valence-corrected chi connectivity index (χ0v) is 10.0. The Kier molecular flexibility index (Phi) is 2.71. The summed E-state index contributed by atoms with van der Waals surface area (Å²) >= 11 is 0. The molecule has 0 unspecified atom stereocenters. The second kappa shape index (κ2) is 4.08. The van der Waals surface area contributed by atoms with E-state index in [0.717, 1.165) is 0 Å². The molecule has 1 aromatic heterocycles. The van der Waals surface area contributed by atoms with Crippen LogP contribution in [0.15, 0.2) is 22.6 Å². The van der Waals surface area contributed by atoms with Crippen molar-refractivity contribution in [2.24, 2.45) is 0 Å². The summed E-state index contributed by atoms with van der Waals surface area (Å²) in [6.07, 6.45) is 5.35. The summed E-state index contributed by atoms with van der Waals surface area (Å²) in [5.74, 6) is 1.55. The minimum absolute atomic E-state index is 0.154. The van der Waals surface area contributed by atoms with Crippen molar-refractivity contribution >= 4 is 23.1 Å². The van der Waals surface area contributed by atoms with Crippen LogP contribution >= 0.6 is 0 Å². The van der Waals surface area contributed by atoms with E-state index in [0.29, 0.717) is 11.1 Å². The van der Waals surface area contributed by atoms with Gasteiger partial charge in [-0.05, 0) is 32.0 Å². The van der Waals surface area contributed by atoms with Gasteiger partial charge in [0.1, 0.15) is 5.52 Å². The normalized spacial score (nSPS) is 11.2. The van der Waals surface area contributed by atoms with E-state index in [-0.39, 0.29) is 11.6 Å². The highest BCUT2D eigenvalue weighted by molar-refractivity contribution is 5.92. The summed E-state index contributed by atoms with van der Waals surface area (Å²) in [7, 11) is 0. The Morgan fingerprint density at radius 1 is 1.56 bits per heavy atom. The summed E-state index contributed by atoms with van der Waals surface area (Å²) in [6, 6.07) is 4.77. The molecule has 0 aliphatic heterocycles. The number of aromatic carboxylic acids is 1. The molecule has 0 amide bonds. The van der Waals surface area contributed by atoms with Crippen molar-refractivity contribution in [2.75, 3.05) is 5.32 Å². The van der Waals surface area contributed by atoms with Gasteiger partial charge in [0.15, 0.2) is 5.58 Å². The minimum atomic E-state index is -1.01. The van der Waals surface area contributed by atoms with Crippen LogP contribution in [0.5, 0.6) is 0 Å². The average molecular weight is 244 g/mol. The van der Waals surface area contributed by atoms with Gasteiger partial charge in [-0.15, -0.1) is 6.42 Å². The predicted molar refractivity (Wildman–Crippen MR) is 67.5 cm³/mol. The predicted octanol–water partition coefficient (Wildman–Crippen LogP) is 2.35. The lowest BCUT2D eigenvalue weighted by Crippen LogP contribution is -2.28. The monoisotopic (exact) mass is 244 g/mol. The Labute approximate surface area is 104 Å². The Hall–Kier alpha value is -2.48. The number of carbonyl (C=O) groups is 1. The quantitative estimate of drug-likeness (QED) is 0.810. The number of rotatable bonds is 3. The standard InChI is InChI=1S/C13H12N2O3/c1-4-13(2,3)15-12-14-9-6-5-8(11(16)17)7-10(9)18-12/h1,5-7H,2-3H3,(H,14,15)(H,16,17). The van der Waals surface area contributed by atoms with Gasteiger partial charge in [0.25, 0.3) is 6.01 Å². The number of terminal acetylenes is 1. The van der Waals surface area contributed by atoms with Crippen LogP contribution < -0.4 is 5.32 Å². The molecule has 5 nitrogen and oxygen atoms in total. The minimum Gasteiger partial charge on any atom is -0.478 e. The third-order valence-electron chi connectivity index (χ3n) is 2.42. The van der Waals surface area contributed by atoms with Gasteiger partial charge in [-0.2, -0.15) is 4.98 Å². The third-order valence-corrected chi connectivity index (χ3v) is 2.42. The van der Waals surface area contributed by atoms with Crippen molar-refractivity contribution < 1.29 is 14.3 Å². The smallest absolute Gasteiger partial charge is 0.335 e. The van der Waals surface area contributed by atoms with E-state index < -0.39 is 11.5 Å². The van der Waals surface area contributed by atoms with Crippen molar-refractivity contribution in [1.82, 2.24) is 4.98 Å². The van der Waals surface area contributed by atoms with E-state index in [1.54, 1.807) is 6.07 Å². The number of hydrogen-bond donors (Lipinski definition) is 2. The number of oxazole rings is 1. The molecular formula is C13H12N2O3. The van der Waals surface area contributed by atoms with E-state index in [1.807, 2.05) is 13.8 Å². The Morgan fingerprint density at radius 3 is 2.89 bits per heavy atom. The molecule has 0 saturated heterocycles. The van der Waals surface area contributed by atoms with Crippen LogP contribution in [0.2, 0.25) is 0 Å². The van der Waals surface area contributed by atoms with Gasteiger partial charge in [0, 0.05) is 0 Å². The maximum atomic E-state index is 10.8. The van der Waals surface area contributed by atoms with Crippen molar-refractivity contribution in [2.45, 2.75) is 19.4 Å². The van der Waals surface area contributed by atoms with Crippen LogP contribution in [0, 0.1) is 12.3 Å². The summed E-state index contributed by atoms with van der Waals surface area (Å²) in [4.78, 5) is 15.0. The van der Waals surface area contributed by atoms with Crippen molar-refractivity contribution in [3.05, 3.63) is 23.8 Å². The molecule has 1 heterocycles. The first-order valence-corrected chi connectivity index (χ1v) is 5.31. The van der Waals surface area contributed by atoms with Gasteiger partial charge < -0.3 is 14.8 Å². The lowest BCUT2D eigenvalue weighted by atomic mass is 10.1. The number of carboxylic acids is 1. The molecule has 1 aromatic carbocycles. The van der Waals surface area contributed by atoms with E-state index in [2.05, 4.69) is 16.2 Å². The first kappa shape index (κ1) is 12.0. The fraction of sp³-hybridized carbons (Fsp3) is 0.231. The van der Waals surface area contributed by atoms with Gasteiger partial charge in [-0.25, -0.2) is 4.79 Å². The molecule has 92 valence electrons. The zero-order chi connectivity index (χ0) is 13.3. The van der Waals surface area contributed by atoms with Crippen molar-refractivity contribution in [1.29, 1.82) is 0 Å². The molecule has 0 fully saturated rings. The van der Waals surface area contributed by atoms with Gasteiger partial charge in [-0.3, -0.25) is 0 Å². The molecule has 0 atom stereocenters. The van der Waals surface area contributed by atoms with Crippen LogP contribution in [0.4, 0.5) is 6.01 Å². The maximum Gasteiger partial charge on any atom is 0.335 e. The van der Waals surface area contributed by atoms with Gasteiger partial charge in [-0.1, -0.05) is 5.92 Å². The lowest BCUT2D eigenvalue weighted by molar-refractivity contribution is 0.0697. The summed E-state index contributed by atoms with van der Waals surface area (Å²) in [5.41, 5.74) is 0.554. The molecular weight excluding hydrogens is 232 g/mol. The maximum absolute atomic E-state index is 10.8. The van der Waals surface area contributed by atoms with Crippen LogP contribution in [-0.2, 0) is 0 Å². The highest BCUT2D eigenvalue weighted by atomic mass is 16.4. The number of carboxylic acid groups (broad SMARTS) is 1. The van der Waals surface area contributed by atoms with E-state index in [4.69, 9.17) is 15.9 Å². The van der Waals surface area contributed by atoms with E-state index in [1.165, 1.54) is 12.1 Å². The molecule has 2 aromatic rings. The lowest BCUT2D eigenvalue weighted by Gasteiger charge is -2.17. The summed E-state index contributed by atoms with van der Waals surface area (Å²) in [5, 5.41) is 11.8. The van der Waals surface area contributed by atoms with E-state index >= 15 is 0 Å². The van der Waals surface area contributed by atoms with Crippen molar-refractivity contribution in [3.63, 3.8) is 0 Å². The molecule has 0 aliphatic carbocycles. The summed E-state index contributed by atoms with van der Waals surface area (Å²) < 4.78 is 5.42. The average Bonchev–Trinajstić information content (AvgIpc) is 2.68. The van der Waals surface area contributed by atoms with Crippen LogP contribution in [0.3, 0.4) is 0 Å². The van der Waals surface area contributed by atoms with Gasteiger partial charge in [0.2, 0.25) is 0 Å². The van der Waals surface area contributed by atoms with Crippen LogP contribution in [-0.4, -0.2) is 21.6 Å². The Balaban J connectivity index is 2.39. The molecule has 0 saturated carbocycles. The Morgan fingerprint density at radius 2 is 2.28 bits per heavy atom. The third kappa shape index (κ3) is 2.28. The highest BCUT2D eigenvalue weighted by Crippen LogP contribution is 2.22. The van der Waals surface area contributed by atoms with Crippen molar-refractivity contribution in [3.8, 4) is 12.3 Å². The molecule has 5 heteroatoms. The number of anilines is 1. The highest BCUT2D eigenvalue weighted by Gasteiger charge is 2.17. The molecule has 2 N–H and O–H groups in total. The number of nitrogens with one attached hydrogen (secondary N) is 1. The van der Waals surface area contributed by atoms with Crippen LogP contribution in [0.1, 0.15) is 24.2 Å². The number of aromatic nitrogens is 1. The second-order valence-corrected chi connectivity index (χ2v) is 4.40. The first-order valence-electron chi connectivity index (χ1n) is 5.31. The first-order chi connectivity index (χ1) is 8.41. The zero-order valence-electron chi connectivity index (χ0n) is 10.0. The largest absolute Gasteiger partial charge is 0.478 e. The number of fused-ring (bicyclic) bond motifs is 1. The number of nitrogens with zero attached hydrogens (tertiary/aromatic N) is 1. The molecule has 0 spiro atoms. The number of benzene rings is 1. The fourth-order valence-electron chi connectivity index (χ4n) is 1.41. The molecule has 18 heavy (non-hydrogen) atoms. The SMILES string of the molecule is C#CC(C)(C)Nc1nc2ccc(C(=O)O)cc2o1. The van der Waals surface area contributed by atoms with E-state index in [9.17, 15) is 4.79 Å². The molecule has 0 bridgehead atoms. The molecule has 2 rings (SSSR count). The molecule has 0 radical (unpaired) electrons. The summed E-state index contributed by atoms with van der Waals surface area (Å²) in [6.45, 7) is 3.62. The Bertz CT molecular complexity index is 650. The van der Waals surface area contributed by atoms with Crippen LogP contribution in [0.25, 0.3) is 11.1 Å².